The molecule has 0 amide bonds. The molecule has 0 spiro atoms. The summed E-state index contributed by atoms with van der Waals surface area (Å²) >= 11 is 15.1. The lowest BCUT2D eigenvalue weighted by molar-refractivity contribution is 0.651. The number of hydrogen-bond acceptors (Lipinski definition) is 3. The van der Waals surface area contributed by atoms with E-state index in [4.69, 9.17) is 28.9 Å². The fraction of sp³-hybridized carbons (Fsp3) is 0.200. The van der Waals surface area contributed by atoms with Gasteiger partial charge in [0.2, 0.25) is 0 Å². The topological polar surface area (TPSA) is 56.7 Å². The van der Waals surface area contributed by atoms with Crippen LogP contribution in [0.1, 0.15) is 17.3 Å². The molecule has 90 valence electrons. The SMILES string of the molecule is Cn1nnc(Br)c1C(N)c1ccc(Cl)c(Cl)c1. The maximum Gasteiger partial charge on any atom is 0.153 e. The van der Waals surface area contributed by atoms with Gasteiger partial charge in [-0.05, 0) is 33.6 Å². The van der Waals surface area contributed by atoms with Crippen molar-refractivity contribution in [3.8, 4) is 0 Å². The van der Waals surface area contributed by atoms with Crippen molar-refractivity contribution in [1.29, 1.82) is 0 Å². The molecule has 1 aromatic carbocycles. The van der Waals surface area contributed by atoms with Crippen LogP contribution >= 0.6 is 39.1 Å². The number of hydrogen-bond donors (Lipinski definition) is 1. The number of halogens is 3. The Bertz CT molecular complexity index is 536. The van der Waals surface area contributed by atoms with Crippen LogP contribution in [0, 0.1) is 0 Å². The molecule has 17 heavy (non-hydrogen) atoms. The number of aromatic nitrogens is 3. The first kappa shape index (κ1) is 12.8. The molecular formula is C10H9BrCl2N4. The van der Waals surface area contributed by atoms with Crippen LogP contribution in [0.2, 0.25) is 10.0 Å². The molecular weight excluding hydrogens is 327 g/mol. The van der Waals surface area contributed by atoms with Gasteiger partial charge in [-0.2, -0.15) is 0 Å². The highest BCUT2D eigenvalue weighted by Gasteiger charge is 2.18. The van der Waals surface area contributed by atoms with Crippen LogP contribution in [-0.4, -0.2) is 15.0 Å². The molecule has 0 aliphatic heterocycles. The first-order valence-electron chi connectivity index (χ1n) is 4.76. The second kappa shape index (κ2) is 4.94. The van der Waals surface area contributed by atoms with Crippen molar-refractivity contribution in [3.05, 3.63) is 44.1 Å². The molecule has 0 saturated carbocycles. The fourth-order valence-corrected chi connectivity index (χ4v) is 2.41. The molecule has 1 heterocycles. The summed E-state index contributed by atoms with van der Waals surface area (Å²) in [4.78, 5) is 0. The van der Waals surface area contributed by atoms with E-state index in [0.717, 1.165) is 11.3 Å². The molecule has 0 saturated heterocycles. The zero-order valence-electron chi connectivity index (χ0n) is 8.86. The first-order valence-corrected chi connectivity index (χ1v) is 6.31. The Morgan fingerprint density at radius 1 is 1.35 bits per heavy atom. The standard InChI is InChI=1S/C10H9BrCl2N4/c1-17-9(10(11)15-16-17)8(14)5-2-3-6(12)7(13)4-5/h2-4,8H,14H2,1H3. The fourth-order valence-electron chi connectivity index (χ4n) is 1.53. The third kappa shape index (κ3) is 2.47. The van der Waals surface area contributed by atoms with Crippen LogP contribution in [0.4, 0.5) is 0 Å². The lowest BCUT2D eigenvalue weighted by atomic mass is 10.1. The largest absolute Gasteiger partial charge is 0.319 e. The van der Waals surface area contributed by atoms with Crippen LogP contribution in [0.15, 0.2) is 22.8 Å². The van der Waals surface area contributed by atoms with Gasteiger partial charge in [0, 0.05) is 7.05 Å². The van der Waals surface area contributed by atoms with Crippen LogP contribution in [0.25, 0.3) is 0 Å². The van der Waals surface area contributed by atoms with Crippen LogP contribution in [0.5, 0.6) is 0 Å². The molecule has 0 aliphatic carbocycles. The lowest BCUT2D eigenvalue weighted by Gasteiger charge is -2.13. The monoisotopic (exact) mass is 334 g/mol. The average molecular weight is 336 g/mol. The minimum Gasteiger partial charge on any atom is -0.319 e. The van der Waals surface area contributed by atoms with Crippen LogP contribution in [0.3, 0.4) is 0 Å². The normalized spacial score (nSPS) is 12.8. The van der Waals surface area contributed by atoms with E-state index in [1.165, 1.54) is 0 Å². The molecule has 4 nitrogen and oxygen atoms in total. The average Bonchev–Trinajstić information content (AvgIpc) is 2.62. The highest BCUT2D eigenvalue weighted by atomic mass is 79.9. The molecule has 1 aromatic heterocycles. The predicted molar refractivity (Wildman–Crippen MR) is 71.2 cm³/mol. The van der Waals surface area contributed by atoms with E-state index in [9.17, 15) is 0 Å². The zero-order chi connectivity index (χ0) is 12.6. The van der Waals surface area contributed by atoms with E-state index in [-0.39, 0.29) is 6.04 Å². The number of rotatable bonds is 2. The molecule has 0 fully saturated rings. The van der Waals surface area contributed by atoms with Gasteiger partial charge in [0.1, 0.15) is 0 Å². The quantitative estimate of drug-likeness (QED) is 0.918. The Balaban J connectivity index is 2.43. The number of aryl methyl sites for hydroxylation is 1. The van der Waals surface area contributed by atoms with Gasteiger partial charge in [-0.1, -0.05) is 34.5 Å². The van der Waals surface area contributed by atoms with Gasteiger partial charge in [0.05, 0.1) is 21.8 Å². The van der Waals surface area contributed by atoms with E-state index in [1.807, 2.05) is 6.07 Å². The summed E-state index contributed by atoms with van der Waals surface area (Å²) in [5.41, 5.74) is 7.78. The van der Waals surface area contributed by atoms with Gasteiger partial charge in [-0.25, -0.2) is 4.68 Å². The number of benzene rings is 1. The van der Waals surface area contributed by atoms with E-state index in [1.54, 1.807) is 23.9 Å². The molecule has 1 unspecified atom stereocenters. The summed E-state index contributed by atoms with van der Waals surface area (Å²) in [5.74, 6) is 0. The van der Waals surface area contributed by atoms with Gasteiger partial charge in [-0.15, -0.1) is 5.10 Å². The Labute approximate surface area is 117 Å². The Morgan fingerprint density at radius 3 is 2.59 bits per heavy atom. The third-order valence-electron chi connectivity index (χ3n) is 2.42. The molecule has 1 atom stereocenters. The smallest absolute Gasteiger partial charge is 0.153 e. The summed E-state index contributed by atoms with van der Waals surface area (Å²) in [5, 5.41) is 8.76. The molecule has 0 bridgehead atoms. The lowest BCUT2D eigenvalue weighted by Crippen LogP contribution is -2.16. The van der Waals surface area contributed by atoms with Crippen molar-refractivity contribution in [3.63, 3.8) is 0 Å². The summed E-state index contributed by atoms with van der Waals surface area (Å²) in [6.45, 7) is 0. The van der Waals surface area contributed by atoms with Gasteiger partial charge in [0.25, 0.3) is 0 Å². The van der Waals surface area contributed by atoms with Crippen LogP contribution < -0.4 is 5.73 Å². The minimum absolute atomic E-state index is 0.362. The van der Waals surface area contributed by atoms with Crippen molar-refractivity contribution < 1.29 is 0 Å². The van der Waals surface area contributed by atoms with Crippen LogP contribution in [-0.2, 0) is 7.05 Å². The second-order valence-corrected chi connectivity index (χ2v) is 5.11. The molecule has 0 radical (unpaired) electrons. The minimum atomic E-state index is -0.362. The predicted octanol–water partition coefficient (Wildman–Crippen LogP) is 2.93. The number of nitrogens with two attached hydrogens (primary N) is 1. The van der Waals surface area contributed by atoms with Crippen molar-refractivity contribution in [2.24, 2.45) is 12.8 Å². The Kier molecular flexibility index (Phi) is 3.73. The van der Waals surface area contributed by atoms with Gasteiger partial charge in [0.15, 0.2) is 4.60 Å². The number of nitrogens with zero attached hydrogens (tertiary/aromatic N) is 3. The zero-order valence-corrected chi connectivity index (χ0v) is 12.0. The van der Waals surface area contributed by atoms with Crippen molar-refractivity contribution in [2.75, 3.05) is 0 Å². The van der Waals surface area contributed by atoms with Gasteiger partial charge < -0.3 is 5.73 Å². The highest BCUT2D eigenvalue weighted by Crippen LogP contribution is 2.29. The van der Waals surface area contributed by atoms with E-state index < -0.39 is 0 Å². The van der Waals surface area contributed by atoms with Crippen molar-refractivity contribution in [2.45, 2.75) is 6.04 Å². The summed E-state index contributed by atoms with van der Waals surface area (Å²) in [6, 6.07) is 4.93. The van der Waals surface area contributed by atoms with E-state index in [0.29, 0.717) is 14.6 Å². The maximum absolute atomic E-state index is 6.15. The van der Waals surface area contributed by atoms with Gasteiger partial charge >= 0.3 is 0 Å². The van der Waals surface area contributed by atoms with E-state index in [2.05, 4.69) is 26.2 Å². The molecule has 7 heteroatoms. The Morgan fingerprint density at radius 2 is 2.06 bits per heavy atom. The third-order valence-corrected chi connectivity index (χ3v) is 3.73. The first-order chi connectivity index (χ1) is 8.00. The highest BCUT2D eigenvalue weighted by molar-refractivity contribution is 9.10. The van der Waals surface area contributed by atoms with Crippen molar-refractivity contribution >= 4 is 39.1 Å². The van der Waals surface area contributed by atoms with E-state index >= 15 is 0 Å². The molecule has 0 aliphatic rings. The maximum atomic E-state index is 6.15. The molecule has 2 aromatic rings. The molecule has 2 rings (SSSR count). The summed E-state index contributed by atoms with van der Waals surface area (Å²) < 4.78 is 2.25. The van der Waals surface area contributed by atoms with Gasteiger partial charge in [-0.3, -0.25) is 0 Å². The Hall–Kier alpha value is -0.620. The summed E-state index contributed by atoms with van der Waals surface area (Å²) in [6.07, 6.45) is 0. The molecule has 2 N–H and O–H groups in total. The van der Waals surface area contributed by atoms with Crippen molar-refractivity contribution in [1.82, 2.24) is 15.0 Å². The summed E-state index contributed by atoms with van der Waals surface area (Å²) in [7, 11) is 1.78. The second-order valence-electron chi connectivity index (χ2n) is 3.54.